The Morgan fingerprint density at radius 3 is 2.15 bits per heavy atom. The van der Waals surface area contributed by atoms with Crippen molar-refractivity contribution in [3.8, 4) is 0 Å². The molecule has 0 saturated heterocycles. The second-order valence-electron chi connectivity index (χ2n) is 7.07. The van der Waals surface area contributed by atoms with E-state index in [1.807, 2.05) is 49.4 Å². The summed E-state index contributed by atoms with van der Waals surface area (Å²) < 4.78 is 5.08. The molecule has 7 heteroatoms. The van der Waals surface area contributed by atoms with Gasteiger partial charge in [-0.2, -0.15) is 0 Å². The van der Waals surface area contributed by atoms with Crippen LogP contribution in [0.1, 0.15) is 35.3 Å². The SMILES string of the molecule is CCOC(=O)c1ccc(/C(C)=C(/Nc2ccc(NC=O)cc2)c2ccccc2)c(NC=O)c1. The first-order valence-corrected chi connectivity index (χ1v) is 10.4. The van der Waals surface area contributed by atoms with Crippen LogP contribution >= 0.6 is 0 Å². The maximum Gasteiger partial charge on any atom is 0.338 e. The number of esters is 1. The fraction of sp³-hybridized carbons (Fsp3) is 0.115. The predicted octanol–water partition coefficient (Wildman–Crippen LogP) is 5.00. The van der Waals surface area contributed by atoms with E-state index in [0.29, 0.717) is 29.8 Å². The molecule has 0 bridgehead atoms. The van der Waals surface area contributed by atoms with Gasteiger partial charge in [-0.05, 0) is 61.4 Å². The van der Waals surface area contributed by atoms with Gasteiger partial charge in [-0.15, -0.1) is 0 Å². The van der Waals surface area contributed by atoms with E-state index in [2.05, 4.69) is 16.0 Å². The van der Waals surface area contributed by atoms with Crippen molar-refractivity contribution < 1.29 is 19.1 Å². The average Bonchev–Trinajstić information content (AvgIpc) is 2.84. The topological polar surface area (TPSA) is 96.5 Å². The number of hydrogen-bond acceptors (Lipinski definition) is 5. The zero-order valence-electron chi connectivity index (χ0n) is 18.4. The van der Waals surface area contributed by atoms with Gasteiger partial charge in [-0.25, -0.2) is 4.79 Å². The number of allylic oxidation sites excluding steroid dienone is 1. The molecule has 3 aromatic carbocycles. The Morgan fingerprint density at radius 2 is 1.52 bits per heavy atom. The highest BCUT2D eigenvalue weighted by molar-refractivity contribution is 6.00. The van der Waals surface area contributed by atoms with E-state index < -0.39 is 5.97 Å². The zero-order chi connectivity index (χ0) is 23.6. The summed E-state index contributed by atoms with van der Waals surface area (Å²) in [4.78, 5) is 34.1. The summed E-state index contributed by atoms with van der Waals surface area (Å²) >= 11 is 0. The third-order valence-electron chi connectivity index (χ3n) is 4.97. The molecule has 3 rings (SSSR count). The normalized spacial score (nSPS) is 11.1. The molecule has 0 fully saturated rings. The Morgan fingerprint density at radius 1 is 0.848 bits per heavy atom. The number of ether oxygens (including phenoxy) is 1. The molecule has 3 aromatic rings. The summed E-state index contributed by atoms with van der Waals surface area (Å²) in [6.45, 7) is 3.94. The highest BCUT2D eigenvalue weighted by Gasteiger charge is 2.15. The summed E-state index contributed by atoms with van der Waals surface area (Å²) in [7, 11) is 0. The maximum atomic E-state index is 12.2. The number of carbonyl (C=O) groups is 3. The summed E-state index contributed by atoms with van der Waals surface area (Å²) in [5, 5.41) is 8.75. The van der Waals surface area contributed by atoms with E-state index in [1.165, 1.54) is 0 Å². The molecule has 168 valence electrons. The number of hydrogen-bond donors (Lipinski definition) is 3. The van der Waals surface area contributed by atoms with Gasteiger partial charge in [0.05, 0.1) is 12.2 Å². The second kappa shape index (κ2) is 11.3. The lowest BCUT2D eigenvalue weighted by Crippen LogP contribution is -2.08. The van der Waals surface area contributed by atoms with Crippen LogP contribution in [0.2, 0.25) is 0 Å². The first-order chi connectivity index (χ1) is 16.1. The van der Waals surface area contributed by atoms with Crippen LogP contribution in [0.5, 0.6) is 0 Å². The molecular formula is C26H25N3O4. The van der Waals surface area contributed by atoms with Crippen molar-refractivity contribution in [3.05, 3.63) is 89.5 Å². The Kier molecular flexibility index (Phi) is 7.96. The van der Waals surface area contributed by atoms with Crippen LogP contribution in [-0.4, -0.2) is 25.4 Å². The van der Waals surface area contributed by atoms with Crippen molar-refractivity contribution in [1.29, 1.82) is 0 Å². The predicted molar refractivity (Wildman–Crippen MR) is 131 cm³/mol. The van der Waals surface area contributed by atoms with Gasteiger partial charge in [0.2, 0.25) is 12.8 Å². The standard InChI is InChI=1S/C26H25N3O4/c1-3-33-26(32)20-9-14-23(24(15-20)28-17-31)18(2)25(19-7-5-4-6-8-19)29-22-12-10-21(11-13-22)27-16-30/h4-17,29H,3H2,1-2H3,(H,27,30)(H,28,31)/b25-18+. The summed E-state index contributed by atoms with van der Waals surface area (Å²) in [5.41, 5.74) is 5.72. The van der Waals surface area contributed by atoms with Crippen LogP contribution in [0.25, 0.3) is 11.3 Å². The van der Waals surface area contributed by atoms with Gasteiger partial charge in [0.15, 0.2) is 0 Å². The first kappa shape index (κ1) is 23.3. The van der Waals surface area contributed by atoms with E-state index in [4.69, 9.17) is 4.74 Å². The minimum atomic E-state index is -0.454. The summed E-state index contributed by atoms with van der Waals surface area (Å²) in [6, 6.07) is 22.1. The monoisotopic (exact) mass is 443 g/mol. The molecule has 0 aliphatic carbocycles. The van der Waals surface area contributed by atoms with Gasteiger partial charge in [-0.3, -0.25) is 9.59 Å². The number of amides is 2. The van der Waals surface area contributed by atoms with Gasteiger partial charge in [0, 0.05) is 28.3 Å². The molecule has 7 nitrogen and oxygen atoms in total. The smallest absolute Gasteiger partial charge is 0.338 e. The van der Waals surface area contributed by atoms with Crippen LogP contribution < -0.4 is 16.0 Å². The quantitative estimate of drug-likeness (QED) is 0.233. The van der Waals surface area contributed by atoms with Crippen LogP contribution in [0.15, 0.2) is 72.8 Å². The highest BCUT2D eigenvalue weighted by Crippen LogP contribution is 2.32. The highest BCUT2D eigenvalue weighted by atomic mass is 16.5. The van der Waals surface area contributed by atoms with Gasteiger partial charge in [0.1, 0.15) is 0 Å². The molecule has 0 radical (unpaired) electrons. The first-order valence-electron chi connectivity index (χ1n) is 10.4. The minimum absolute atomic E-state index is 0.263. The Balaban J connectivity index is 2.08. The molecule has 0 aliphatic rings. The summed E-state index contributed by atoms with van der Waals surface area (Å²) in [6.07, 6.45) is 1.21. The second-order valence-corrected chi connectivity index (χ2v) is 7.07. The molecule has 0 unspecified atom stereocenters. The van der Waals surface area contributed by atoms with Crippen molar-refractivity contribution in [1.82, 2.24) is 0 Å². The van der Waals surface area contributed by atoms with Gasteiger partial charge in [0.25, 0.3) is 0 Å². The van der Waals surface area contributed by atoms with E-state index in [9.17, 15) is 14.4 Å². The Bertz CT molecular complexity index is 1160. The Hall–Kier alpha value is -4.39. The molecule has 33 heavy (non-hydrogen) atoms. The fourth-order valence-corrected chi connectivity index (χ4v) is 3.38. The van der Waals surface area contributed by atoms with Crippen LogP contribution in [-0.2, 0) is 14.3 Å². The Labute approximate surface area is 192 Å². The molecule has 0 atom stereocenters. The van der Waals surface area contributed by atoms with Gasteiger partial charge in [-0.1, -0.05) is 36.4 Å². The average molecular weight is 444 g/mol. The van der Waals surface area contributed by atoms with Gasteiger partial charge < -0.3 is 20.7 Å². The number of anilines is 3. The molecule has 0 heterocycles. The number of benzene rings is 3. The number of nitrogens with one attached hydrogen (secondary N) is 3. The lowest BCUT2D eigenvalue weighted by molar-refractivity contribution is -0.106. The summed E-state index contributed by atoms with van der Waals surface area (Å²) in [5.74, 6) is -0.454. The van der Waals surface area contributed by atoms with E-state index >= 15 is 0 Å². The van der Waals surface area contributed by atoms with Crippen molar-refractivity contribution in [2.24, 2.45) is 0 Å². The van der Waals surface area contributed by atoms with E-state index in [0.717, 1.165) is 28.1 Å². The van der Waals surface area contributed by atoms with Crippen molar-refractivity contribution in [2.45, 2.75) is 13.8 Å². The third-order valence-corrected chi connectivity index (χ3v) is 4.97. The van der Waals surface area contributed by atoms with Crippen LogP contribution in [0.3, 0.4) is 0 Å². The van der Waals surface area contributed by atoms with Crippen LogP contribution in [0.4, 0.5) is 17.1 Å². The van der Waals surface area contributed by atoms with Crippen molar-refractivity contribution in [2.75, 3.05) is 22.6 Å². The maximum absolute atomic E-state index is 12.2. The number of rotatable bonds is 10. The molecule has 0 aromatic heterocycles. The molecule has 0 aliphatic heterocycles. The fourth-order valence-electron chi connectivity index (χ4n) is 3.38. The zero-order valence-corrected chi connectivity index (χ0v) is 18.4. The van der Waals surface area contributed by atoms with Crippen LogP contribution in [0, 0.1) is 0 Å². The van der Waals surface area contributed by atoms with E-state index in [1.54, 1.807) is 37.3 Å². The lowest BCUT2D eigenvalue weighted by Gasteiger charge is -2.18. The molecule has 2 amide bonds. The largest absolute Gasteiger partial charge is 0.462 e. The van der Waals surface area contributed by atoms with Gasteiger partial charge >= 0.3 is 5.97 Å². The minimum Gasteiger partial charge on any atom is -0.462 e. The van der Waals surface area contributed by atoms with E-state index in [-0.39, 0.29) is 6.61 Å². The van der Waals surface area contributed by atoms with Crippen molar-refractivity contribution in [3.63, 3.8) is 0 Å². The lowest BCUT2D eigenvalue weighted by atomic mass is 9.97. The molecule has 3 N–H and O–H groups in total. The molecule has 0 saturated carbocycles. The molecular weight excluding hydrogens is 418 g/mol. The number of carbonyl (C=O) groups excluding carboxylic acids is 3. The third kappa shape index (κ3) is 5.86. The molecule has 0 spiro atoms. The van der Waals surface area contributed by atoms with Crippen molar-refractivity contribution >= 4 is 47.1 Å².